The molecule has 0 atom stereocenters. The van der Waals surface area contributed by atoms with Gasteiger partial charge in [-0.1, -0.05) is 0 Å². The summed E-state index contributed by atoms with van der Waals surface area (Å²) in [5, 5.41) is 9.32. The van der Waals surface area contributed by atoms with Crippen LogP contribution in [0.4, 0.5) is 21.5 Å². The Labute approximate surface area is 172 Å². The first-order chi connectivity index (χ1) is 14.5. The average Bonchev–Trinajstić information content (AvgIpc) is 2.79. The van der Waals surface area contributed by atoms with Gasteiger partial charge in [-0.15, -0.1) is 0 Å². The van der Waals surface area contributed by atoms with Gasteiger partial charge in [0.1, 0.15) is 18.2 Å². The Morgan fingerprint density at radius 3 is 2.53 bits per heavy atom. The van der Waals surface area contributed by atoms with E-state index in [4.69, 9.17) is 9.47 Å². The fourth-order valence-electron chi connectivity index (χ4n) is 3.36. The summed E-state index contributed by atoms with van der Waals surface area (Å²) < 4.78 is 24.2. The van der Waals surface area contributed by atoms with Gasteiger partial charge in [-0.2, -0.15) is 5.26 Å². The van der Waals surface area contributed by atoms with Crippen LogP contribution in [-0.2, 0) is 0 Å². The van der Waals surface area contributed by atoms with Crippen molar-refractivity contribution in [2.24, 2.45) is 0 Å². The van der Waals surface area contributed by atoms with E-state index in [2.05, 4.69) is 11.1 Å². The van der Waals surface area contributed by atoms with Gasteiger partial charge in [0.2, 0.25) is 5.88 Å². The number of methoxy groups -OCH3 is 2. The summed E-state index contributed by atoms with van der Waals surface area (Å²) in [6.45, 7) is 0.122. The third-order valence-corrected chi connectivity index (χ3v) is 4.85. The van der Waals surface area contributed by atoms with Crippen LogP contribution in [0.2, 0.25) is 0 Å². The molecule has 1 aliphatic heterocycles. The number of hydrogen-bond acceptors (Lipinski definition) is 6. The number of hydrogen-bond donors (Lipinski definition) is 0. The molecule has 3 aromatic rings. The highest BCUT2D eigenvalue weighted by molar-refractivity contribution is 6.12. The number of fused-ring (bicyclic) bond motifs is 1. The monoisotopic (exact) mass is 404 g/mol. The predicted octanol–water partition coefficient (Wildman–Crippen LogP) is 3.87. The highest BCUT2D eigenvalue weighted by Crippen LogP contribution is 2.40. The molecule has 2 heterocycles. The van der Waals surface area contributed by atoms with Crippen molar-refractivity contribution in [1.82, 2.24) is 4.98 Å². The number of benzene rings is 2. The summed E-state index contributed by atoms with van der Waals surface area (Å²) in [5.41, 5.74) is 2.49. The molecule has 0 unspecified atom stereocenters. The number of pyridine rings is 1. The third kappa shape index (κ3) is 3.26. The molecule has 4 rings (SSSR count). The predicted molar refractivity (Wildman–Crippen MR) is 109 cm³/mol. The first-order valence-corrected chi connectivity index (χ1v) is 9.03. The molecule has 8 heteroatoms. The van der Waals surface area contributed by atoms with Crippen LogP contribution >= 0.6 is 0 Å². The van der Waals surface area contributed by atoms with Gasteiger partial charge in [0.25, 0.3) is 5.91 Å². The van der Waals surface area contributed by atoms with Gasteiger partial charge < -0.3 is 14.4 Å². The molecule has 0 fully saturated rings. The minimum Gasteiger partial charge on any atom is -0.494 e. The number of halogens is 1. The molecule has 1 aromatic heterocycles. The minimum absolute atomic E-state index is 0.122. The highest BCUT2D eigenvalue weighted by atomic mass is 19.1. The van der Waals surface area contributed by atoms with Crippen molar-refractivity contribution in [2.75, 3.05) is 30.7 Å². The Balaban J connectivity index is 1.87. The Morgan fingerprint density at radius 2 is 1.87 bits per heavy atom. The molecule has 0 N–H and O–H groups in total. The van der Waals surface area contributed by atoms with Crippen LogP contribution in [-0.4, -0.2) is 31.8 Å². The van der Waals surface area contributed by atoms with Gasteiger partial charge in [-0.05, 0) is 36.4 Å². The number of amides is 1. The summed E-state index contributed by atoms with van der Waals surface area (Å²) in [5.74, 6) is 0.0643. The summed E-state index contributed by atoms with van der Waals surface area (Å²) in [4.78, 5) is 20.8. The van der Waals surface area contributed by atoms with Gasteiger partial charge in [-0.3, -0.25) is 9.69 Å². The number of carbonyl (C=O) groups is 1. The van der Waals surface area contributed by atoms with Gasteiger partial charge >= 0.3 is 0 Å². The summed E-state index contributed by atoms with van der Waals surface area (Å²) >= 11 is 0. The van der Waals surface area contributed by atoms with E-state index in [0.717, 1.165) is 0 Å². The zero-order chi connectivity index (χ0) is 21.3. The van der Waals surface area contributed by atoms with Crippen molar-refractivity contribution in [3.05, 3.63) is 71.7 Å². The maximum Gasteiger partial charge on any atom is 0.261 e. The van der Waals surface area contributed by atoms with Gasteiger partial charge in [0.05, 0.1) is 54.7 Å². The van der Waals surface area contributed by atoms with Gasteiger partial charge in [0.15, 0.2) is 0 Å². The largest absolute Gasteiger partial charge is 0.494 e. The average molecular weight is 404 g/mol. The fraction of sp³-hybridized carbons (Fsp3) is 0.136. The highest BCUT2D eigenvalue weighted by Gasteiger charge is 2.32. The molecule has 0 bridgehead atoms. The number of anilines is 3. The molecule has 7 nitrogen and oxygen atoms in total. The second-order valence-corrected chi connectivity index (χ2v) is 6.52. The quantitative estimate of drug-likeness (QED) is 0.657. The molecule has 0 saturated heterocycles. The first-order valence-electron chi connectivity index (χ1n) is 9.03. The Hall–Kier alpha value is -4.12. The molecule has 150 valence electrons. The molecular weight excluding hydrogens is 387 g/mol. The lowest BCUT2D eigenvalue weighted by atomic mass is 10.0. The van der Waals surface area contributed by atoms with Crippen LogP contribution in [0.25, 0.3) is 0 Å². The first kappa shape index (κ1) is 19.2. The van der Waals surface area contributed by atoms with Crippen molar-refractivity contribution in [2.45, 2.75) is 0 Å². The van der Waals surface area contributed by atoms with E-state index < -0.39 is 5.82 Å². The molecule has 30 heavy (non-hydrogen) atoms. The molecule has 0 saturated carbocycles. The van der Waals surface area contributed by atoms with Crippen LogP contribution in [0.3, 0.4) is 0 Å². The van der Waals surface area contributed by atoms with E-state index >= 15 is 0 Å². The lowest BCUT2D eigenvalue weighted by Gasteiger charge is -2.38. The number of nitriles is 1. The number of aromatic nitrogens is 1. The topological polar surface area (TPSA) is 78.7 Å². The summed E-state index contributed by atoms with van der Waals surface area (Å²) in [6, 6.07) is 14.5. The van der Waals surface area contributed by atoms with E-state index in [-0.39, 0.29) is 12.6 Å². The lowest BCUT2D eigenvalue weighted by molar-refractivity contribution is 0.0983. The van der Waals surface area contributed by atoms with E-state index in [1.165, 1.54) is 26.4 Å². The molecule has 0 radical (unpaired) electrons. The SMILES string of the molecule is COc1ccc(N2CN(c3ccc(F)cc3OC)c3cc(C#N)ccc3C2=O)cn1. The van der Waals surface area contributed by atoms with Gasteiger partial charge in [-0.25, -0.2) is 9.37 Å². The van der Waals surface area contributed by atoms with Crippen LogP contribution < -0.4 is 19.3 Å². The smallest absolute Gasteiger partial charge is 0.261 e. The zero-order valence-corrected chi connectivity index (χ0v) is 16.3. The third-order valence-electron chi connectivity index (χ3n) is 4.85. The second-order valence-electron chi connectivity index (χ2n) is 6.52. The van der Waals surface area contributed by atoms with Crippen molar-refractivity contribution in [3.8, 4) is 17.7 Å². The van der Waals surface area contributed by atoms with E-state index in [1.54, 1.807) is 52.4 Å². The van der Waals surface area contributed by atoms with E-state index in [1.807, 2.05) is 0 Å². The molecule has 2 aromatic carbocycles. The summed E-state index contributed by atoms with van der Waals surface area (Å²) in [7, 11) is 2.96. The standard InChI is InChI=1S/C22H17FN4O3/c1-29-20-10-15(23)4-7-18(20)27-13-26(16-5-8-21(30-2)25-12-16)22(28)17-6-3-14(11-24)9-19(17)27/h3-10,12H,13H2,1-2H3. The maximum absolute atomic E-state index is 13.8. The Kier molecular flexibility index (Phi) is 4.94. The molecule has 0 spiro atoms. The van der Waals surface area contributed by atoms with Crippen molar-refractivity contribution in [3.63, 3.8) is 0 Å². The Morgan fingerprint density at radius 1 is 1.03 bits per heavy atom. The summed E-state index contributed by atoms with van der Waals surface area (Å²) in [6.07, 6.45) is 1.55. The molecular formula is C22H17FN4O3. The molecule has 0 aliphatic carbocycles. The second kappa shape index (κ2) is 7.72. The maximum atomic E-state index is 13.8. The van der Waals surface area contributed by atoms with Crippen molar-refractivity contribution < 1.29 is 18.7 Å². The lowest BCUT2D eigenvalue weighted by Crippen LogP contribution is -2.45. The number of rotatable bonds is 4. The van der Waals surface area contributed by atoms with Crippen LogP contribution in [0.5, 0.6) is 11.6 Å². The zero-order valence-electron chi connectivity index (χ0n) is 16.3. The number of nitrogens with zero attached hydrogens (tertiary/aromatic N) is 4. The van der Waals surface area contributed by atoms with E-state index in [0.29, 0.717) is 39.8 Å². The fourth-order valence-corrected chi connectivity index (χ4v) is 3.36. The number of ether oxygens (including phenoxy) is 2. The van der Waals surface area contributed by atoms with Crippen LogP contribution in [0, 0.1) is 17.1 Å². The normalized spacial score (nSPS) is 12.9. The van der Waals surface area contributed by atoms with Crippen LogP contribution in [0.1, 0.15) is 15.9 Å². The molecule has 1 aliphatic rings. The van der Waals surface area contributed by atoms with Crippen molar-refractivity contribution >= 4 is 23.0 Å². The Bertz CT molecular complexity index is 1160. The minimum atomic E-state index is -0.439. The van der Waals surface area contributed by atoms with E-state index in [9.17, 15) is 14.4 Å². The van der Waals surface area contributed by atoms with Crippen molar-refractivity contribution in [1.29, 1.82) is 5.26 Å². The van der Waals surface area contributed by atoms with Crippen LogP contribution in [0.15, 0.2) is 54.7 Å². The van der Waals surface area contributed by atoms with Gasteiger partial charge in [0, 0.05) is 12.1 Å². The number of carbonyl (C=O) groups excluding carboxylic acids is 1. The molecule has 1 amide bonds.